The van der Waals surface area contributed by atoms with Crippen LogP contribution in [0.2, 0.25) is 0 Å². The first-order valence-corrected chi connectivity index (χ1v) is 16.1. The van der Waals surface area contributed by atoms with Crippen molar-refractivity contribution in [2.24, 2.45) is 0 Å². The van der Waals surface area contributed by atoms with Crippen LogP contribution < -0.4 is 4.74 Å². The van der Waals surface area contributed by atoms with Crippen LogP contribution >= 0.6 is 0 Å². The summed E-state index contributed by atoms with van der Waals surface area (Å²) in [5, 5.41) is 7.54. The van der Waals surface area contributed by atoms with Crippen molar-refractivity contribution < 1.29 is 4.74 Å². The third kappa shape index (κ3) is 3.46. The molecule has 0 saturated heterocycles. The van der Waals surface area contributed by atoms with Gasteiger partial charge in [0.15, 0.2) is 0 Å². The lowest BCUT2D eigenvalue weighted by molar-refractivity contribution is 0.487. The monoisotopic (exact) mass is 586 g/mol. The van der Waals surface area contributed by atoms with Crippen molar-refractivity contribution >= 4 is 32.3 Å². The largest absolute Gasteiger partial charge is 0.456 e. The molecule has 8 aromatic rings. The Balaban J connectivity index is 1.19. The molecule has 0 saturated carbocycles. The lowest BCUT2D eigenvalue weighted by Crippen LogP contribution is -2.15. The van der Waals surface area contributed by atoms with Crippen LogP contribution in [0.3, 0.4) is 0 Å². The number of ether oxygens (including phenoxy) is 1. The molecule has 46 heavy (non-hydrogen) atoms. The van der Waals surface area contributed by atoms with Crippen LogP contribution in [0.1, 0.15) is 25.0 Å². The Kier molecular flexibility index (Phi) is 5.12. The van der Waals surface area contributed by atoms with Crippen molar-refractivity contribution in [1.29, 1.82) is 0 Å². The maximum atomic E-state index is 6.41. The highest BCUT2D eigenvalue weighted by atomic mass is 16.5. The summed E-state index contributed by atoms with van der Waals surface area (Å²) in [6.45, 7) is 4.78. The minimum atomic E-state index is -0.161. The van der Waals surface area contributed by atoms with E-state index < -0.39 is 0 Å². The molecular weight excluding hydrogens is 556 g/mol. The molecule has 1 aliphatic carbocycles. The number of benzene rings is 8. The van der Waals surface area contributed by atoms with Gasteiger partial charge in [-0.25, -0.2) is 0 Å². The van der Waals surface area contributed by atoms with Crippen LogP contribution in [-0.4, -0.2) is 0 Å². The van der Waals surface area contributed by atoms with Crippen molar-refractivity contribution in [2.45, 2.75) is 19.3 Å². The highest BCUT2D eigenvalue weighted by Gasteiger charge is 2.38. The fourth-order valence-electron chi connectivity index (χ4n) is 8.19. The molecule has 1 nitrogen and oxygen atoms in total. The molecule has 0 radical (unpaired) electrons. The molecular formula is C45H30O. The Labute approximate surface area is 268 Å². The van der Waals surface area contributed by atoms with Crippen molar-refractivity contribution in [1.82, 2.24) is 0 Å². The van der Waals surface area contributed by atoms with Crippen LogP contribution in [0, 0.1) is 0 Å². The van der Waals surface area contributed by atoms with Gasteiger partial charge in [0, 0.05) is 16.4 Å². The summed E-state index contributed by atoms with van der Waals surface area (Å²) in [5.74, 6) is 1.84. The Bertz CT molecular complexity index is 2570. The van der Waals surface area contributed by atoms with Gasteiger partial charge in [-0.3, -0.25) is 0 Å². The van der Waals surface area contributed by atoms with E-state index in [0.717, 1.165) is 17.1 Å². The average Bonchev–Trinajstić information content (AvgIpc) is 3.32. The molecule has 10 rings (SSSR count). The van der Waals surface area contributed by atoms with Crippen molar-refractivity contribution in [3.05, 3.63) is 157 Å². The third-order valence-corrected chi connectivity index (χ3v) is 10.4. The maximum Gasteiger partial charge on any atom is 0.135 e. The maximum absolute atomic E-state index is 6.41. The van der Waals surface area contributed by atoms with E-state index in [1.54, 1.807) is 0 Å². The molecule has 1 heterocycles. The normalized spacial score (nSPS) is 13.8. The first-order chi connectivity index (χ1) is 22.6. The van der Waals surface area contributed by atoms with Gasteiger partial charge >= 0.3 is 0 Å². The zero-order valence-corrected chi connectivity index (χ0v) is 25.8. The molecule has 0 atom stereocenters. The SMILES string of the molecule is CC1(C)c2cc(-c3ccc4c(c3)-c3cccc5cccc(c35)O4)ccc2-c2c1cc1ccccc1c2-c1cccc2ccccc12. The molecule has 1 aliphatic heterocycles. The van der Waals surface area contributed by atoms with Gasteiger partial charge in [-0.1, -0.05) is 129 Å². The van der Waals surface area contributed by atoms with Gasteiger partial charge in [0.1, 0.15) is 11.5 Å². The summed E-state index contributed by atoms with van der Waals surface area (Å²) < 4.78 is 6.41. The van der Waals surface area contributed by atoms with E-state index in [1.165, 1.54) is 82.4 Å². The summed E-state index contributed by atoms with van der Waals surface area (Å²) >= 11 is 0. The lowest BCUT2D eigenvalue weighted by Gasteiger charge is -2.24. The summed E-state index contributed by atoms with van der Waals surface area (Å²) in [6.07, 6.45) is 0. The number of fused-ring (bicyclic) bond motifs is 7. The van der Waals surface area contributed by atoms with Crippen LogP contribution in [0.4, 0.5) is 0 Å². The topological polar surface area (TPSA) is 9.23 Å². The first-order valence-electron chi connectivity index (χ1n) is 16.1. The Morgan fingerprint density at radius 3 is 1.96 bits per heavy atom. The van der Waals surface area contributed by atoms with E-state index in [2.05, 4.69) is 159 Å². The summed E-state index contributed by atoms with van der Waals surface area (Å²) in [4.78, 5) is 0. The number of hydrogen-bond acceptors (Lipinski definition) is 1. The molecule has 2 aliphatic rings. The third-order valence-electron chi connectivity index (χ3n) is 10.4. The van der Waals surface area contributed by atoms with E-state index in [-0.39, 0.29) is 5.41 Å². The summed E-state index contributed by atoms with van der Waals surface area (Å²) in [7, 11) is 0. The van der Waals surface area contributed by atoms with Crippen LogP contribution in [0.5, 0.6) is 11.5 Å². The van der Waals surface area contributed by atoms with E-state index in [4.69, 9.17) is 4.74 Å². The van der Waals surface area contributed by atoms with E-state index in [9.17, 15) is 0 Å². The molecule has 0 amide bonds. The first kappa shape index (κ1) is 25.6. The Morgan fingerprint density at radius 2 is 1.09 bits per heavy atom. The van der Waals surface area contributed by atoms with Crippen molar-refractivity contribution in [3.63, 3.8) is 0 Å². The van der Waals surface area contributed by atoms with Gasteiger partial charge in [0.05, 0.1) is 0 Å². The Morgan fingerprint density at radius 1 is 0.413 bits per heavy atom. The minimum absolute atomic E-state index is 0.161. The summed E-state index contributed by atoms with van der Waals surface area (Å²) in [5.41, 5.74) is 12.7. The second-order valence-corrected chi connectivity index (χ2v) is 13.3. The quantitative estimate of drug-likeness (QED) is 0.196. The summed E-state index contributed by atoms with van der Waals surface area (Å²) in [6, 6.07) is 53.4. The highest BCUT2D eigenvalue weighted by Crippen LogP contribution is 2.56. The van der Waals surface area contributed by atoms with E-state index in [1.807, 2.05) is 0 Å². The molecule has 1 heteroatoms. The molecule has 0 fully saturated rings. The van der Waals surface area contributed by atoms with E-state index >= 15 is 0 Å². The van der Waals surface area contributed by atoms with Gasteiger partial charge < -0.3 is 4.74 Å². The van der Waals surface area contributed by atoms with Gasteiger partial charge in [-0.15, -0.1) is 0 Å². The second kappa shape index (κ2) is 9.19. The Hall–Kier alpha value is -5.66. The predicted molar refractivity (Wildman–Crippen MR) is 193 cm³/mol. The highest BCUT2D eigenvalue weighted by molar-refractivity contribution is 6.13. The fraction of sp³-hybridized carbons (Fsp3) is 0.0667. The molecule has 0 spiro atoms. The second-order valence-electron chi connectivity index (χ2n) is 13.3. The van der Waals surface area contributed by atoms with Gasteiger partial charge in [0.25, 0.3) is 0 Å². The zero-order chi connectivity index (χ0) is 30.6. The van der Waals surface area contributed by atoms with Gasteiger partial charge in [-0.2, -0.15) is 0 Å². The zero-order valence-electron chi connectivity index (χ0n) is 25.8. The minimum Gasteiger partial charge on any atom is -0.456 e. The van der Waals surface area contributed by atoms with Crippen molar-refractivity contribution in [3.8, 4) is 56.0 Å². The van der Waals surface area contributed by atoms with Gasteiger partial charge in [-0.05, 0) is 107 Å². The number of rotatable bonds is 2. The smallest absolute Gasteiger partial charge is 0.135 e. The standard InChI is InChI=1S/C45H30O/c1-45(2)38-25-30(29-21-23-40-37(24-29)35-18-8-13-28-14-9-19-41(46-40)42(28)35)20-22-36(38)44-39(45)26-31-11-4-6-16-33(31)43(44)34-17-7-12-27-10-3-5-15-32(27)34/h3-26H,1-2H3. The van der Waals surface area contributed by atoms with Gasteiger partial charge in [0.2, 0.25) is 0 Å². The molecule has 0 aromatic heterocycles. The molecule has 0 unspecified atom stereocenters. The molecule has 0 bridgehead atoms. The fourth-order valence-corrected chi connectivity index (χ4v) is 8.19. The number of hydrogen-bond donors (Lipinski definition) is 0. The molecule has 8 aromatic carbocycles. The average molecular weight is 587 g/mol. The van der Waals surface area contributed by atoms with Crippen LogP contribution in [0.15, 0.2) is 146 Å². The van der Waals surface area contributed by atoms with Crippen molar-refractivity contribution in [2.75, 3.05) is 0 Å². The molecule has 216 valence electrons. The van der Waals surface area contributed by atoms with Crippen LogP contribution in [-0.2, 0) is 5.41 Å². The molecule has 0 N–H and O–H groups in total. The predicted octanol–water partition coefficient (Wildman–Crippen LogP) is 12.6. The van der Waals surface area contributed by atoms with E-state index in [0.29, 0.717) is 0 Å². The van der Waals surface area contributed by atoms with Crippen LogP contribution in [0.25, 0.3) is 76.8 Å². The lowest BCUT2D eigenvalue weighted by atomic mass is 9.80.